The summed E-state index contributed by atoms with van der Waals surface area (Å²) in [4.78, 5) is 16.8. The van der Waals surface area contributed by atoms with Gasteiger partial charge in [0.25, 0.3) is 12.0 Å². The van der Waals surface area contributed by atoms with Gasteiger partial charge in [-0.05, 0) is 66.3 Å². The first-order valence-electron chi connectivity index (χ1n) is 17.0. The standard InChI is InChI=1S/C18H21N3O.C10H11Cl2N3.C10H10ClFN2O/c1-13-5-3-7-16(14(13)2)17(21-18-20-9-10-22-18)11-15-6-4-8-19-12-15;11-8-3-1-2-7(9(8)12)6-15-10-13-4-5-14-10;11-8-3-1-2-7(9(8)12)6-14-10-13-4-5-15-10/h3-8,12,17H,9-11H2,1-2H3,(H,20,21);1-3H,4-6H2,(H2,13,14,15);1-3H,4-6H2,(H,13,14). The number of rotatable bonds is 8. The molecule has 10 nitrogen and oxygen atoms in total. The van der Waals surface area contributed by atoms with Gasteiger partial charge in [-0.15, -0.1) is 0 Å². The first kappa shape index (κ1) is 38.6. The normalized spacial score (nSPS) is 14.8. The van der Waals surface area contributed by atoms with Crippen LogP contribution in [0.5, 0.6) is 0 Å². The molecular formula is C38H42Cl3FN8O2. The number of hydrogen-bond donors (Lipinski definition) is 4. The molecule has 0 bridgehead atoms. The smallest absolute Gasteiger partial charge is 0.285 e. The molecule has 14 heteroatoms. The third kappa shape index (κ3) is 11.5. The molecule has 4 aromatic rings. The second-order valence-electron chi connectivity index (χ2n) is 11.9. The van der Waals surface area contributed by atoms with Crippen LogP contribution in [-0.2, 0) is 29.0 Å². The average Bonchev–Trinajstić information content (AvgIpc) is 3.97. The van der Waals surface area contributed by atoms with Crippen molar-refractivity contribution in [2.45, 2.75) is 39.4 Å². The summed E-state index contributed by atoms with van der Waals surface area (Å²) >= 11 is 17.6. The predicted molar refractivity (Wildman–Crippen MR) is 208 cm³/mol. The lowest BCUT2D eigenvalue weighted by atomic mass is 9.93. The summed E-state index contributed by atoms with van der Waals surface area (Å²) in [6.07, 6.45) is 4.56. The van der Waals surface area contributed by atoms with Gasteiger partial charge in [-0.25, -0.2) is 14.4 Å². The molecule has 0 radical (unpaired) electrons. The van der Waals surface area contributed by atoms with Crippen molar-refractivity contribution >= 4 is 52.8 Å². The molecule has 7 rings (SSSR count). The minimum absolute atomic E-state index is 0.126. The number of aromatic nitrogens is 1. The minimum Gasteiger partial charge on any atom is -0.463 e. The number of ether oxygens (including phenoxy) is 2. The maximum absolute atomic E-state index is 13.4. The fourth-order valence-electron chi connectivity index (χ4n) is 5.39. The van der Waals surface area contributed by atoms with Crippen LogP contribution in [0.2, 0.25) is 15.1 Å². The van der Waals surface area contributed by atoms with Gasteiger partial charge in [-0.3, -0.25) is 9.98 Å². The van der Waals surface area contributed by atoms with Gasteiger partial charge in [0.15, 0.2) is 5.96 Å². The van der Waals surface area contributed by atoms with E-state index in [0.717, 1.165) is 37.6 Å². The van der Waals surface area contributed by atoms with E-state index in [4.69, 9.17) is 44.3 Å². The summed E-state index contributed by atoms with van der Waals surface area (Å²) in [5, 5.41) is 13.9. The van der Waals surface area contributed by atoms with E-state index in [1.807, 2.05) is 24.4 Å². The van der Waals surface area contributed by atoms with Crippen molar-refractivity contribution in [3.63, 3.8) is 0 Å². The van der Waals surface area contributed by atoms with Crippen LogP contribution in [0.25, 0.3) is 0 Å². The summed E-state index contributed by atoms with van der Waals surface area (Å²) in [5.74, 6) is 0.427. The quantitative estimate of drug-likeness (QED) is 0.153. The van der Waals surface area contributed by atoms with E-state index >= 15 is 0 Å². The molecule has 1 aromatic heterocycles. The Balaban J connectivity index is 0.000000155. The second-order valence-corrected chi connectivity index (χ2v) is 13.1. The van der Waals surface area contributed by atoms with Gasteiger partial charge in [-0.1, -0.05) is 83.3 Å². The summed E-state index contributed by atoms with van der Waals surface area (Å²) < 4.78 is 24.1. The first-order valence-corrected chi connectivity index (χ1v) is 18.1. The van der Waals surface area contributed by atoms with E-state index in [-0.39, 0.29) is 11.1 Å². The highest BCUT2D eigenvalue weighted by atomic mass is 35.5. The number of aryl methyl sites for hydroxylation is 1. The zero-order chi connectivity index (χ0) is 36.7. The summed E-state index contributed by atoms with van der Waals surface area (Å²) in [5.41, 5.74) is 6.55. The Labute approximate surface area is 318 Å². The van der Waals surface area contributed by atoms with Crippen molar-refractivity contribution < 1.29 is 13.9 Å². The second kappa shape index (κ2) is 19.9. The molecule has 274 valence electrons. The average molecular weight is 768 g/mol. The lowest BCUT2D eigenvalue weighted by Crippen LogP contribution is -2.33. The zero-order valence-corrected chi connectivity index (χ0v) is 31.3. The van der Waals surface area contributed by atoms with Crippen LogP contribution in [0, 0.1) is 19.7 Å². The monoisotopic (exact) mass is 766 g/mol. The van der Waals surface area contributed by atoms with Crippen molar-refractivity contribution in [2.75, 3.05) is 39.4 Å². The topological polar surface area (TPSA) is 117 Å². The third-order valence-electron chi connectivity index (χ3n) is 8.27. The molecule has 0 amide bonds. The maximum atomic E-state index is 13.4. The Morgan fingerprint density at radius 1 is 0.788 bits per heavy atom. The van der Waals surface area contributed by atoms with Gasteiger partial charge < -0.3 is 30.7 Å². The molecule has 3 aromatic carbocycles. The van der Waals surface area contributed by atoms with Gasteiger partial charge in [0.1, 0.15) is 19.0 Å². The van der Waals surface area contributed by atoms with E-state index in [1.54, 1.807) is 24.4 Å². The number of guanidine groups is 1. The SMILES string of the molecule is Cc1cccc(C(Cc2cccnc2)NC2=NCCO2)c1C.Clc1cccc(CNC2=NCCN2)c1Cl.Fc1c(Cl)cccc1CNC1=NCCO1. The van der Waals surface area contributed by atoms with Gasteiger partial charge in [0.2, 0.25) is 0 Å². The number of aliphatic imine (C=N–C) groups is 3. The summed E-state index contributed by atoms with van der Waals surface area (Å²) in [6, 6.07) is 22.2. The van der Waals surface area contributed by atoms with Crippen molar-refractivity contribution in [1.82, 2.24) is 26.3 Å². The van der Waals surface area contributed by atoms with Crippen molar-refractivity contribution in [2.24, 2.45) is 15.0 Å². The Kier molecular flexibility index (Phi) is 14.8. The van der Waals surface area contributed by atoms with Crippen LogP contribution in [0.4, 0.5) is 4.39 Å². The molecule has 4 N–H and O–H groups in total. The molecule has 0 spiro atoms. The Bertz CT molecular complexity index is 1800. The molecule has 0 saturated heterocycles. The predicted octanol–water partition coefficient (Wildman–Crippen LogP) is 6.96. The lowest BCUT2D eigenvalue weighted by Gasteiger charge is -2.22. The first-order chi connectivity index (χ1) is 25.3. The molecule has 52 heavy (non-hydrogen) atoms. The van der Waals surface area contributed by atoms with E-state index in [0.29, 0.717) is 60.5 Å². The zero-order valence-electron chi connectivity index (χ0n) is 29.1. The van der Waals surface area contributed by atoms with E-state index in [1.165, 1.54) is 28.3 Å². The van der Waals surface area contributed by atoms with Crippen LogP contribution in [0.3, 0.4) is 0 Å². The van der Waals surface area contributed by atoms with Gasteiger partial charge >= 0.3 is 0 Å². The minimum atomic E-state index is -0.398. The largest absolute Gasteiger partial charge is 0.463 e. The van der Waals surface area contributed by atoms with Crippen LogP contribution in [0.15, 0.2) is 94.1 Å². The Morgan fingerprint density at radius 3 is 2.19 bits per heavy atom. The van der Waals surface area contributed by atoms with Crippen molar-refractivity contribution in [3.05, 3.63) is 133 Å². The number of benzene rings is 3. The van der Waals surface area contributed by atoms with Crippen LogP contribution < -0.4 is 21.3 Å². The molecule has 0 fully saturated rings. The van der Waals surface area contributed by atoms with Gasteiger partial charge in [0, 0.05) is 37.6 Å². The van der Waals surface area contributed by atoms with Gasteiger partial charge in [-0.2, -0.15) is 0 Å². The fraction of sp³-hybridized carbons (Fsp3) is 0.316. The van der Waals surface area contributed by atoms with E-state index in [9.17, 15) is 4.39 Å². The molecule has 0 aliphatic carbocycles. The molecule has 1 atom stereocenters. The number of nitrogens with one attached hydrogen (secondary N) is 4. The number of amidine groups is 2. The van der Waals surface area contributed by atoms with Gasteiger partial charge in [0.05, 0.1) is 40.7 Å². The van der Waals surface area contributed by atoms with Crippen LogP contribution in [-0.4, -0.2) is 62.4 Å². The van der Waals surface area contributed by atoms with E-state index in [2.05, 4.69) is 79.3 Å². The number of hydrogen-bond acceptors (Lipinski definition) is 10. The fourth-order valence-corrected chi connectivity index (χ4v) is 5.98. The highest BCUT2D eigenvalue weighted by Crippen LogP contribution is 2.26. The molecule has 1 unspecified atom stereocenters. The summed E-state index contributed by atoms with van der Waals surface area (Å²) in [6.45, 7) is 9.61. The number of halogens is 4. The number of nitrogens with zero attached hydrogens (tertiary/aromatic N) is 4. The lowest BCUT2D eigenvalue weighted by molar-refractivity contribution is 0.324. The molecule has 3 aliphatic heterocycles. The van der Waals surface area contributed by atoms with E-state index < -0.39 is 5.82 Å². The van der Waals surface area contributed by atoms with Crippen molar-refractivity contribution in [3.8, 4) is 0 Å². The van der Waals surface area contributed by atoms with Crippen LogP contribution in [0.1, 0.15) is 39.4 Å². The third-order valence-corrected chi connectivity index (χ3v) is 9.42. The number of pyridine rings is 1. The highest BCUT2D eigenvalue weighted by molar-refractivity contribution is 6.42. The summed E-state index contributed by atoms with van der Waals surface area (Å²) in [7, 11) is 0. The highest BCUT2D eigenvalue weighted by Gasteiger charge is 2.19. The maximum Gasteiger partial charge on any atom is 0.285 e. The van der Waals surface area contributed by atoms with Crippen LogP contribution >= 0.6 is 34.8 Å². The molecule has 0 saturated carbocycles. The molecule has 3 aliphatic rings. The van der Waals surface area contributed by atoms with Crippen molar-refractivity contribution in [1.29, 1.82) is 0 Å². The molecule has 4 heterocycles. The Hall–Kier alpha value is -4.58. The molecular weight excluding hydrogens is 726 g/mol. The Morgan fingerprint density at radius 2 is 1.50 bits per heavy atom.